The molecule has 7 heteroatoms. The standard InChI is InChI=1S/C20H31N3O3S/c1-20(2,3)16-4-6-17(7-5-16)22-19(24)21-14-15-10-12-23(13-11-15)27(25,26)18-8-9-18/h4-7,15,18H,8-14H2,1-3H3,(H2,21,22,24). The van der Waals surface area contributed by atoms with Crippen molar-refractivity contribution in [2.75, 3.05) is 25.0 Å². The fourth-order valence-corrected chi connectivity index (χ4v) is 5.28. The van der Waals surface area contributed by atoms with Crippen LogP contribution in [-0.4, -0.2) is 43.6 Å². The summed E-state index contributed by atoms with van der Waals surface area (Å²) in [6.07, 6.45) is 3.21. The summed E-state index contributed by atoms with van der Waals surface area (Å²) >= 11 is 0. The van der Waals surface area contributed by atoms with E-state index < -0.39 is 10.0 Å². The van der Waals surface area contributed by atoms with Crippen LogP contribution in [0.25, 0.3) is 0 Å². The van der Waals surface area contributed by atoms with E-state index in [0.717, 1.165) is 31.4 Å². The van der Waals surface area contributed by atoms with Gasteiger partial charge in [0.1, 0.15) is 0 Å². The molecule has 1 aliphatic heterocycles. The van der Waals surface area contributed by atoms with E-state index in [-0.39, 0.29) is 16.7 Å². The number of nitrogens with one attached hydrogen (secondary N) is 2. The molecule has 1 saturated heterocycles. The number of nitrogens with zero attached hydrogens (tertiary/aromatic N) is 1. The van der Waals surface area contributed by atoms with Gasteiger partial charge in [-0.1, -0.05) is 32.9 Å². The van der Waals surface area contributed by atoms with E-state index >= 15 is 0 Å². The molecular formula is C20H31N3O3S. The molecule has 2 amide bonds. The van der Waals surface area contributed by atoms with Gasteiger partial charge in [0.2, 0.25) is 10.0 Å². The molecule has 27 heavy (non-hydrogen) atoms. The number of rotatable bonds is 5. The van der Waals surface area contributed by atoms with Gasteiger partial charge in [0, 0.05) is 25.3 Å². The van der Waals surface area contributed by atoms with Crippen molar-refractivity contribution >= 4 is 21.7 Å². The van der Waals surface area contributed by atoms with Gasteiger partial charge in [-0.2, -0.15) is 0 Å². The van der Waals surface area contributed by atoms with Gasteiger partial charge >= 0.3 is 6.03 Å². The van der Waals surface area contributed by atoms with Crippen molar-refractivity contribution < 1.29 is 13.2 Å². The van der Waals surface area contributed by atoms with E-state index in [1.165, 1.54) is 5.56 Å². The molecule has 1 aromatic carbocycles. The molecule has 0 atom stereocenters. The molecule has 1 aromatic rings. The molecule has 1 heterocycles. The summed E-state index contributed by atoms with van der Waals surface area (Å²) < 4.78 is 26.1. The Morgan fingerprint density at radius 2 is 1.67 bits per heavy atom. The molecule has 150 valence electrons. The van der Waals surface area contributed by atoms with Crippen LogP contribution in [0.3, 0.4) is 0 Å². The summed E-state index contributed by atoms with van der Waals surface area (Å²) in [5.41, 5.74) is 2.08. The van der Waals surface area contributed by atoms with E-state index in [1.54, 1.807) is 4.31 Å². The van der Waals surface area contributed by atoms with E-state index in [2.05, 4.69) is 31.4 Å². The van der Waals surface area contributed by atoms with Gasteiger partial charge in [-0.3, -0.25) is 0 Å². The fourth-order valence-electron chi connectivity index (χ4n) is 3.41. The molecule has 0 aromatic heterocycles. The number of sulfonamides is 1. The topological polar surface area (TPSA) is 78.5 Å². The number of piperidine rings is 1. The maximum atomic E-state index is 12.3. The number of benzene rings is 1. The molecule has 1 saturated carbocycles. The summed E-state index contributed by atoms with van der Waals surface area (Å²) in [5.74, 6) is 0.324. The second-order valence-corrected chi connectivity index (χ2v) is 11.0. The van der Waals surface area contributed by atoms with Gasteiger partial charge in [0.05, 0.1) is 5.25 Å². The third kappa shape index (κ3) is 5.23. The lowest BCUT2D eigenvalue weighted by Gasteiger charge is -2.31. The third-order valence-electron chi connectivity index (χ3n) is 5.44. The van der Waals surface area contributed by atoms with Crippen LogP contribution in [0.2, 0.25) is 0 Å². The van der Waals surface area contributed by atoms with Crippen LogP contribution in [0, 0.1) is 5.92 Å². The maximum absolute atomic E-state index is 12.3. The Morgan fingerprint density at radius 1 is 1.07 bits per heavy atom. The van der Waals surface area contributed by atoms with Crippen LogP contribution >= 0.6 is 0 Å². The Labute approximate surface area is 162 Å². The average molecular weight is 394 g/mol. The highest BCUT2D eigenvalue weighted by molar-refractivity contribution is 7.90. The Morgan fingerprint density at radius 3 is 2.19 bits per heavy atom. The summed E-state index contributed by atoms with van der Waals surface area (Å²) in [7, 11) is -3.06. The zero-order valence-corrected chi connectivity index (χ0v) is 17.3. The molecule has 3 rings (SSSR count). The number of urea groups is 1. The molecule has 2 aliphatic rings. The first-order valence-corrected chi connectivity index (χ1v) is 11.3. The monoisotopic (exact) mass is 393 g/mol. The van der Waals surface area contributed by atoms with Gasteiger partial charge in [-0.15, -0.1) is 0 Å². The quantitative estimate of drug-likeness (QED) is 0.805. The van der Waals surface area contributed by atoms with Crippen molar-refractivity contribution in [3.63, 3.8) is 0 Å². The van der Waals surface area contributed by atoms with Gasteiger partial charge in [-0.05, 0) is 54.7 Å². The lowest BCUT2D eigenvalue weighted by atomic mass is 9.87. The van der Waals surface area contributed by atoms with Crippen molar-refractivity contribution in [3.05, 3.63) is 29.8 Å². The first-order valence-electron chi connectivity index (χ1n) is 9.80. The summed E-state index contributed by atoms with van der Waals surface area (Å²) in [6.45, 7) is 8.18. The van der Waals surface area contributed by atoms with Crippen molar-refractivity contribution in [3.8, 4) is 0 Å². The van der Waals surface area contributed by atoms with E-state index in [1.807, 2.05) is 24.3 Å². The number of anilines is 1. The van der Waals surface area contributed by atoms with Crippen molar-refractivity contribution in [1.82, 2.24) is 9.62 Å². The fraction of sp³-hybridized carbons (Fsp3) is 0.650. The number of hydrogen-bond acceptors (Lipinski definition) is 3. The Hall–Kier alpha value is -1.60. The number of amides is 2. The van der Waals surface area contributed by atoms with Crippen LogP contribution in [-0.2, 0) is 15.4 Å². The average Bonchev–Trinajstić information content (AvgIpc) is 3.46. The van der Waals surface area contributed by atoms with E-state index in [0.29, 0.717) is 25.6 Å². The molecule has 1 aliphatic carbocycles. The van der Waals surface area contributed by atoms with Gasteiger partial charge in [0.15, 0.2) is 0 Å². The zero-order chi connectivity index (χ0) is 19.7. The molecule has 6 nitrogen and oxygen atoms in total. The highest BCUT2D eigenvalue weighted by Crippen LogP contribution is 2.33. The van der Waals surface area contributed by atoms with Crippen molar-refractivity contribution in [2.24, 2.45) is 5.92 Å². The molecule has 0 spiro atoms. The van der Waals surface area contributed by atoms with Crippen LogP contribution in [0.5, 0.6) is 0 Å². The highest BCUT2D eigenvalue weighted by Gasteiger charge is 2.41. The van der Waals surface area contributed by atoms with E-state index in [9.17, 15) is 13.2 Å². The first-order chi connectivity index (χ1) is 12.7. The summed E-state index contributed by atoms with van der Waals surface area (Å²) in [6, 6.07) is 7.69. The lowest BCUT2D eigenvalue weighted by Crippen LogP contribution is -2.43. The number of carbonyl (C=O) groups excluding carboxylic acids is 1. The van der Waals surface area contributed by atoms with Crippen molar-refractivity contribution in [2.45, 2.75) is 57.1 Å². The molecule has 2 N–H and O–H groups in total. The van der Waals surface area contributed by atoms with Crippen LogP contribution in [0.1, 0.15) is 52.0 Å². The largest absolute Gasteiger partial charge is 0.338 e. The van der Waals surface area contributed by atoms with Crippen LogP contribution in [0.4, 0.5) is 10.5 Å². The highest BCUT2D eigenvalue weighted by atomic mass is 32.2. The van der Waals surface area contributed by atoms with Crippen LogP contribution in [0.15, 0.2) is 24.3 Å². The minimum absolute atomic E-state index is 0.0860. The molecule has 2 fully saturated rings. The Bertz CT molecular complexity index is 757. The number of hydrogen-bond donors (Lipinski definition) is 2. The van der Waals surface area contributed by atoms with Crippen molar-refractivity contribution in [1.29, 1.82) is 0 Å². The van der Waals surface area contributed by atoms with Gasteiger partial charge in [-0.25, -0.2) is 17.5 Å². The normalized spacial score (nSPS) is 19.7. The maximum Gasteiger partial charge on any atom is 0.319 e. The predicted octanol–water partition coefficient (Wildman–Crippen LogP) is 3.31. The Kier molecular flexibility index (Phi) is 5.82. The second kappa shape index (κ2) is 7.80. The second-order valence-electron chi connectivity index (χ2n) is 8.75. The zero-order valence-electron chi connectivity index (χ0n) is 16.5. The minimum Gasteiger partial charge on any atom is -0.338 e. The lowest BCUT2D eigenvalue weighted by molar-refractivity contribution is 0.240. The Balaban J connectivity index is 1.41. The summed E-state index contributed by atoms with van der Waals surface area (Å²) in [4.78, 5) is 12.1. The third-order valence-corrected chi connectivity index (χ3v) is 7.84. The minimum atomic E-state index is -3.06. The molecule has 0 radical (unpaired) electrons. The number of carbonyl (C=O) groups is 1. The van der Waals surface area contributed by atoms with Gasteiger partial charge in [0.25, 0.3) is 0 Å². The van der Waals surface area contributed by atoms with Crippen LogP contribution < -0.4 is 10.6 Å². The predicted molar refractivity (Wildman–Crippen MR) is 108 cm³/mol. The molecular weight excluding hydrogens is 362 g/mol. The van der Waals surface area contributed by atoms with Gasteiger partial charge < -0.3 is 10.6 Å². The molecule has 0 unspecified atom stereocenters. The van der Waals surface area contributed by atoms with E-state index in [4.69, 9.17) is 0 Å². The first kappa shape index (κ1) is 20.1. The smallest absolute Gasteiger partial charge is 0.319 e. The molecule has 0 bridgehead atoms. The summed E-state index contributed by atoms with van der Waals surface area (Å²) in [5, 5.41) is 5.64. The SMILES string of the molecule is CC(C)(C)c1ccc(NC(=O)NCC2CCN(S(=O)(=O)C3CC3)CC2)cc1.